The van der Waals surface area contributed by atoms with Crippen molar-refractivity contribution in [3.63, 3.8) is 0 Å². The first-order valence-corrected chi connectivity index (χ1v) is 4.72. The first-order chi connectivity index (χ1) is 7.75. The lowest BCUT2D eigenvalue weighted by Crippen LogP contribution is -2.49. The second kappa shape index (κ2) is 4.43. The van der Waals surface area contributed by atoms with Crippen LogP contribution in [0.15, 0.2) is 36.7 Å². The smallest absolute Gasteiger partial charge is 0.336 e. The third-order valence-electron chi connectivity index (χ3n) is 1.86. The Balaban J connectivity index is 2.11. The first-order valence-electron chi connectivity index (χ1n) is 4.72. The molecule has 1 aromatic carbocycles. The maximum atomic E-state index is 5.27. The fraction of sp³-hybridized carbons (Fsp3) is 0.100. The van der Waals surface area contributed by atoms with Crippen molar-refractivity contribution >= 4 is 5.84 Å². The van der Waals surface area contributed by atoms with E-state index in [1.807, 2.05) is 30.3 Å². The molecule has 0 aliphatic rings. The van der Waals surface area contributed by atoms with E-state index in [2.05, 4.69) is 10.1 Å². The molecule has 2 rings (SSSR count). The summed E-state index contributed by atoms with van der Waals surface area (Å²) >= 11 is 0. The molecule has 82 valence electrons. The van der Waals surface area contributed by atoms with Gasteiger partial charge in [-0.15, -0.1) is 5.10 Å². The van der Waals surface area contributed by atoms with Gasteiger partial charge >= 0.3 is 6.01 Å². The van der Waals surface area contributed by atoms with Gasteiger partial charge in [0.2, 0.25) is 0 Å². The Kier molecular flexibility index (Phi) is 2.81. The molecule has 0 aliphatic carbocycles. The van der Waals surface area contributed by atoms with Crippen molar-refractivity contribution in [1.29, 1.82) is 0 Å². The van der Waals surface area contributed by atoms with Crippen LogP contribution in [0.4, 0.5) is 0 Å². The largest absolute Gasteiger partial charge is 0.449 e. The number of para-hydroxylation sites is 1. The molecule has 6 nitrogen and oxygen atoms in total. The number of hydrogen-bond donors (Lipinski definition) is 2. The van der Waals surface area contributed by atoms with E-state index in [-0.39, 0.29) is 18.5 Å². The minimum Gasteiger partial charge on any atom is -0.449 e. The molecule has 0 radical (unpaired) electrons. The van der Waals surface area contributed by atoms with Crippen LogP contribution in [-0.4, -0.2) is 27.2 Å². The minimum absolute atomic E-state index is 0.110. The Bertz CT molecular complexity index is 479. The number of nitrogens with zero attached hydrogens (tertiary/aromatic N) is 3. The minimum atomic E-state index is 0.110. The number of ether oxygens (including phenoxy) is 1. The quantitative estimate of drug-likeness (QED) is 0.496. The third kappa shape index (κ3) is 2.35. The molecule has 0 spiro atoms. The van der Waals surface area contributed by atoms with Crippen LogP contribution < -0.4 is 15.9 Å². The van der Waals surface area contributed by atoms with Crippen LogP contribution in [0, 0.1) is 0 Å². The molecule has 16 heavy (non-hydrogen) atoms. The van der Waals surface area contributed by atoms with E-state index in [1.165, 1.54) is 0 Å². The molecule has 0 aliphatic heterocycles. The van der Waals surface area contributed by atoms with Gasteiger partial charge in [0.1, 0.15) is 6.33 Å². The van der Waals surface area contributed by atoms with E-state index in [9.17, 15) is 0 Å². The van der Waals surface area contributed by atoms with Gasteiger partial charge in [0.15, 0.2) is 6.61 Å². The number of nitrogens with two attached hydrogens (primary N) is 2. The molecular formula is C10H12N5O+. The van der Waals surface area contributed by atoms with Gasteiger partial charge in [-0.25, -0.2) is 4.68 Å². The van der Waals surface area contributed by atoms with Gasteiger partial charge in [0.05, 0.1) is 5.69 Å². The number of rotatable bonds is 4. The molecular weight excluding hydrogens is 206 g/mol. The summed E-state index contributed by atoms with van der Waals surface area (Å²) in [6.07, 6.45) is 1.57. The van der Waals surface area contributed by atoms with Gasteiger partial charge in [-0.1, -0.05) is 18.2 Å². The van der Waals surface area contributed by atoms with Crippen molar-refractivity contribution in [3.05, 3.63) is 36.7 Å². The normalized spacial score (nSPS) is 10.0. The third-order valence-corrected chi connectivity index (χ3v) is 1.86. The van der Waals surface area contributed by atoms with Crippen molar-refractivity contribution in [2.24, 2.45) is 5.73 Å². The molecule has 1 heterocycles. The van der Waals surface area contributed by atoms with E-state index in [4.69, 9.17) is 15.9 Å². The Morgan fingerprint density at radius 1 is 1.38 bits per heavy atom. The number of aromatic nitrogens is 3. The van der Waals surface area contributed by atoms with Gasteiger partial charge in [-0.2, -0.15) is 4.98 Å². The van der Waals surface area contributed by atoms with Gasteiger partial charge in [-0.05, 0) is 12.1 Å². The van der Waals surface area contributed by atoms with Crippen LogP contribution in [0.3, 0.4) is 0 Å². The van der Waals surface area contributed by atoms with Crippen LogP contribution in [0.25, 0.3) is 5.69 Å². The maximum absolute atomic E-state index is 5.27. The lowest BCUT2D eigenvalue weighted by atomic mass is 10.3. The van der Waals surface area contributed by atoms with Crippen LogP contribution in [0.5, 0.6) is 6.01 Å². The van der Waals surface area contributed by atoms with E-state index in [1.54, 1.807) is 11.0 Å². The highest BCUT2D eigenvalue weighted by Gasteiger charge is 2.04. The SMILES string of the molecule is NC(=[NH2+])COc1ncn(-c2ccccc2)n1. The molecule has 0 saturated heterocycles. The summed E-state index contributed by atoms with van der Waals surface area (Å²) < 4.78 is 6.75. The van der Waals surface area contributed by atoms with Crippen molar-refractivity contribution in [2.75, 3.05) is 6.61 Å². The van der Waals surface area contributed by atoms with E-state index in [0.29, 0.717) is 0 Å². The van der Waals surface area contributed by atoms with Crippen molar-refractivity contribution in [1.82, 2.24) is 14.8 Å². The highest BCUT2D eigenvalue weighted by Crippen LogP contribution is 2.07. The monoisotopic (exact) mass is 218 g/mol. The fourth-order valence-electron chi connectivity index (χ4n) is 1.17. The maximum Gasteiger partial charge on any atom is 0.336 e. The lowest BCUT2D eigenvalue weighted by molar-refractivity contribution is -0.120. The molecule has 0 amide bonds. The average Bonchev–Trinajstić information content (AvgIpc) is 2.76. The second-order valence-corrected chi connectivity index (χ2v) is 3.17. The van der Waals surface area contributed by atoms with Crippen LogP contribution in [-0.2, 0) is 0 Å². The summed E-state index contributed by atoms with van der Waals surface area (Å²) in [6, 6.07) is 9.86. The highest BCUT2D eigenvalue weighted by molar-refractivity contribution is 5.75. The molecule has 4 N–H and O–H groups in total. The Hall–Kier alpha value is -2.37. The zero-order chi connectivity index (χ0) is 11.4. The second-order valence-electron chi connectivity index (χ2n) is 3.17. The molecule has 0 bridgehead atoms. The summed E-state index contributed by atoms with van der Waals surface area (Å²) in [5, 5.41) is 9.38. The summed E-state index contributed by atoms with van der Waals surface area (Å²) in [6.45, 7) is 0.110. The van der Waals surface area contributed by atoms with Crippen LogP contribution in [0.2, 0.25) is 0 Å². The summed E-state index contributed by atoms with van der Waals surface area (Å²) in [4.78, 5) is 3.97. The fourth-order valence-corrected chi connectivity index (χ4v) is 1.17. The Morgan fingerprint density at radius 2 is 2.12 bits per heavy atom. The molecule has 0 atom stereocenters. The molecule has 2 aromatic rings. The van der Waals surface area contributed by atoms with Gasteiger partial charge in [-0.3, -0.25) is 11.1 Å². The Labute approximate surface area is 92.2 Å². The molecule has 6 heteroatoms. The molecule has 0 unspecified atom stereocenters. The topological polar surface area (TPSA) is 91.5 Å². The number of amidine groups is 1. The van der Waals surface area contributed by atoms with Crippen molar-refractivity contribution < 1.29 is 10.1 Å². The summed E-state index contributed by atoms with van der Waals surface area (Å²) in [5.41, 5.74) is 6.18. The summed E-state index contributed by atoms with van der Waals surface area (Å²) in [7, 11) is 0. The predicted octanol–water partition coefficient (Wildman–Crippen LogP) is -1.24. The number of hydrogen-bond acceptors (Lipinski definition) is 3. The average molecular weight is 218 g/mol. The van der Waals surface area contributed by atoms with E-state index < -0.39 is 0 Å². The molecule has 0 saturated carbocycles. The lowest BCUT2D eigenvalue weighted by Gasteiger charge is -1.98. The van der Waals surface area contributed by atoms with E-state index >= 15 is 0 Å². The zero-order valence-electron chi connectivity index (χ0n) is 8.58. The first kappa shape index (κ1) is 10.2. The standard InChI is InChI=1S/C10H11N5O/c11-9(12)6-16-10-13-7-15(14-10)8-4-2-1-3-5-8/h1-5,7H,6H2,(H3,11,12)/p+1. The van der Waals surface area contributed by atoms with E-state index in [0.717, 1.165) is 5.69 Å². The van der Waals surface area contributed by atoms with Gasteiger partial charge in [0.25, 0.3) is 5.84 Å². The van der Waals surface area contributed by atoms with Crippen LogP contribution in [0.1, 0.15) is 0 Å². The zero-order valence-corrected chi connectivity index (χ0v) is 8.58. The van der Waals surface area contributed by atoms with Gasteiger partial charge in [0, 0.05) is 0 Å². The highest BCUT2D eigenvalue weighted by atomic mass is 16.5. The Morgan fingerprint density at radius 3 is 2.81 bits per heavy atom. The summed E-state index contributed by atoms with van der Waals surface area (Å²) in [5.74, 6) is 0.191. The van der Waals surface area contributed by atoms with Crippen LogP contribution >= 0.6 is 0 Å². The number of benzene rings is 1. The van der Waals surface area contributed by atoms with Crippen molar-refractivity contribution in [3.8, 4) is 11.7 Å². The molecule has 1 aromatic heterocycles. The predicted molar refractivity (Wildman–Crippen MR) is 58.0 cm³/mol. The molecule has 0 fully saturated rings. The van der Waals surface area contributed by atoms with Crippen molar-refractivity contribution in [2.45, 2.75) is 0 Å². The van der Waals surface area contributed by atoms with Gasteiger partial charge < -0.3 is 4.74 Å².